The number of hydrogen-bond acceptors (Lipinski definition) is 7. The fourth-order valence-electron chi connectivity index (χ4n) is 3.95. The standard InChI is InChI=1S/C22H29N5OS/c1-5-7-16-9-10-17(29-16)14-27-11-6-8-19(27)21-18(20-12-15(2)25-28-20)13-23-22(24-21)26(3)4/h9-10,12-13,19H,5-8,11,14H2,1-4H3/t19-/m0/s1. The van der Waals surface area contributed by atoms with Crippen LogP contribution in [0, 0.1) is 6.92 Å². The highest BCUT2D eigenvalue weighted by molar-refractivity contribution is 7.11. The molecule has 4 heterocycles. The van der Waals surface area contributed by atoms with Crippen LogP contribution in [0.3, 0.4) is 0 Å². The number of nitrogens with zero attached hydrogens (tertiary/aromatic N) is 5. The lowest BCUT2D eigenvalue weighted by atomic mass is 10.0. The van der Waals surface area contributed by atoms with Crippen LogP contribution in [0.5, 0.6) is 0 Å². The van der Waals surface area contributed by atoms with Gasteiger partial charge in [-0.1, -0.05) is 18.5 Å². The van der Waals surface area contributed by atoms with Crippen LogP contribution >= 0.6 is 11.3 Å². The van der Waals surface area contributed by atoms with Crippen LogP contribution in [0.15, 0.2) is 28.9 Å². The number of thiophene rings is 1. The highest BCUT2D eigenvalue weighted by atomic mass is 32.1. The number of hydrogen-bond donors (Lipinski definition) is 0. The molecule has 0 aromatic carbocycles. The topological polar surface area (TPSA) is 58.3 Å². The summed E-state index contributed by atoms with van der Waals surface area (Å²) < 4.78 is 5.57. The number of rotatable bonds is 7. The van der Waals surface area contributed by atoms with E-state index in [-0.39, 0.29) is 6.04 Å². The first-order valence-corrected chi connectivity index (χ1v) is 11.2. The predicted octanol–water partition coefficient (Wildman–Crippen LogP) is 4.86. The lowest BCUT2D eigenvalue weighted by molar-refractivity contribution is 0.246. The second-order valence-electron chi connectivity index (χ2n) is 7.94. The Balaban J connectivity index is 1.66. The van der Waals surface area contributed by atoms with Gasteiger partial charge >= 0.3 is 0 Å². The first-order valence-electron chi connectivity index (χ1n) is 10.3. The van der Waals surface area contributed by atoms with Gasteiger partial charge in [0.25, 0.3) is 0 Å². The maximum absolute atomic E-state index is 5.57. The summed E-state index contributed by atoms with van der Waals surface area (Å²) in [5, 5.41) is 4.07. The van der Waals surface area contributed by atoms with E-state index in [0.717, 1.165) is 48.2 Å². The van der Waals surface area contributed by atoms with Gasteiger partial charge in [-0.25, -0.2) is 9.97 Å². The van der Waals surface area contributed by atoms with Crippen LogP contribution in [0.25, 0.3) is 11.3 Å². The Kier molecular flexibility index (Phi) is 5.96. The van der Waals surface area contributed by atoms with E-state index in [4.69, 9.17) is 9.51 Å². The first-order chi connectivity index (χ1) is 14.0. The van der Waals surface area contributed by atoms with Crippen molar-refractivity contribution >= 4 is 17.3 Å². The van der Waals surface area contributed by atoms with E-state index in [1.165, 1.54) is 29.0 Å². The number of anilines is 1. The van der Waals surface area contributed by atoms with Crippen LogP contribution in [-0.4, -0.2) is 40.7 Å². The highest BCUT2D eigenvalue weighted by Gasteiger charge is 2.31. The average Bonchev–Trinajstić information content (AvgIpc) is 3.44. The molecular formula is C22H29N5OS. The molecule has 29 heavy (non-hydrogen) atoms. The Morgan fingerprint density at radius 2 is 2.10 bits per heavy atom. The van der Waals surface area contributed by atoms with Gasteiger partial charge in [-0.3, -0.25) is 4.90 Å². The quantitative estimate of drug-likeness (QED) is 0.553. The lowest BCUT2D eigenvalue weighted by Gasteiger charge is -2.25. The molecule has 0 aliphatic carbocycles. The van der Waals surface area contributed by atoms with E-state index in [1.807, 2.05) is 49.5 Å². The number of aromatic nitrogens is 3. The van der Waals surface area contributed by atoms with Crippen LogP contribution < -0.4 is 4.90 Å². The summed E-state index contributed by atoms with van der Waals surface area (Å²) >= 11 is 1.94. The molecule has 1 fully saturated rings. The number of aryl methyl sites for hydroxylation is 2. The molecule has 0 radical (unpaired) electrons. The monoisotopic (exact) mass is 411 g/mol. The van der Waals surface area contributed by atoms with Crippen molar-refractivity contribution in [1.29, 1.82) is 0 Å². The fraction of sp³-hybridized carbons (Fsp3) is 0.500. The molecule has 1 aliphatic heterocycles. The zero-order chi connectivity index (χ0) is 20.4. The van der Waals surface area contributed by atoms with E-state index in [9.17, 15) is 0 Å². The molecule has 1 saturated heterocycles. The molecule has 0 saturated carbocycles. The van der Waals surface area contributed by atoms with E-state index >= 15 is 0 Å². The second-order valence-corrected chi connectivity index (χ2v) is 9.20. The number of likely N-dealkylation sites (tertiary alicyclic amines) is 1. The minimum Gasteiger partial charge on any atom is -0.356 e. The zero-order valence-electron chi connectivity index (χ0n) is 17.7. The molecule has 0 unspecified atom stereocenters. The smallest absolute Gasteiger partial charge is 0.225 e. The van der Waals surface area contributed by atoms with Crippen molar-refractivity contribution in [3.05, 3.63) is 45.5 Å². The van der Waals surface area contributed by atoms with Gasteiger partial charge in [0.1, 0.15) is 0 Å². The molecule has 0 N–H and O–H groups in total. The molecule has 1 aliphatic rings. The van der Waals surface area contributed by atoms with Gasteiger partial charge in [0.15, 0.2) is 5.76 Å². The third-order valence-corrected chi connectivity index (χ3v) is 6.48. The first kappa shape index (κ1) is 20.0. The van der Waals surface area contributed by atoms with Crippen molar-refractivity contribution in [3.8, 4) is 11.3 Å². The van der Waals surface area contributed by atoms with Gasteiger partial charge in [0.2, 0.25) is 5.95 Å². The summed E-state index contributed by atoms with van der Waals surface area (Å²) in [6.07, 6.45) is 6.52. The molecule has 0 bridgehead atoms. The molecule has 7 heteroatoms. The summed E-state index contributed by atoms with van der Waals surface area (Å²) in [4.78, 5) is 16.9. The Morgan fingerprint density at radius 1 is 1.28 bits per heavy atom. The lowest BCUT2D eigenvalue weighted by Crippen LogP contribution is -2.24. The van der Waals surface area contributed by atoms with E-state index in [0.29, 0.717) is 0 Å². The van der Waals surface area contributed by atoms with Crippen molar-refractivity contribution in [2.24, 2.45) is 0 Å². The molecular weight excluding hydrogens is 382 g/mol. The summed E-state index contributed by atoms with van der Waals surface area (Å²) in [7, 11) is 3.95. The Hall–Kier alpha value is -2.25. The summed E-state index contributed by atoms with van der Waals surface area (Å²) in [6, 6.07) is 6.80. The van der Waals surface area contributed by atoms with Gasteiger partial charge < -0.3 is 9.42 Å². The molecule has 4 rings (SSSR count). The summed E-state index contributed by atoms with van der Waals surface area (Å²) in [5.74, 6) is 1.48. The molecule has 154 valence electrons. The van der Waals surface area contributed by atoms with Crippen molar-refractivity contribution in [2.45, 2.75) is 52.1 Å². The molecule has 3 aromatic rings. The maximum atomic E-state index is 5.57. The fourth-order valence-corrected chi connectivity index (χ4v) is 5.09. The third kappa shape index (κ3) is 4.36. The maximum Gasteiger partial charge on any atom is 0.225 e. The van der Waals surface area contributed by atoms with Gasteiger partial charge in [0, 0.05) is 42.7 Å². The summed E-state index contributed by atoms with van der Waals surface area (Å²) in [6.45, 7) is 6.23. The van der Waals surface area contributed by atoms with E-state index < -0.39 is 0 Å². The third-order valence-electron chi connectivity index (χ3n) is 5.35. The van der Waals surface area contributed by atoms with Gasteiger partial charge in [0.05, 0.1) is 23.0 Å². The SMILES string of the molecule is CCCc1ccc(CN2CCC[C@H]2c2nc(N(C)C)ncc2-c2cc(C)no2)s1. The largest absolute Gasteiger partial charge is 0.356 e. The van der Waals surface area contributed by atoms with Gasteiger partial charge in [-0.2, -0.15) is 0 Å². The highest BCUT2D eigenvalue weighted by Crippen LogP contribution is 2.38. The van der Waals surface area contributed by atoms with Crippen LogP contribution in [0.1, 0.15) is 53.4 Å². The Bertz CT molecular complexity index is 964. The molecule has 0 amide bonds. The van der Waals surface area contributed by atoms with Crippen LogP contribution in [0.2, 0.25) is 0 Å². The molecule has 0 spiro atoms. The van der Waals surface area contributed by atoms with Crippen LogP contribution in [-0.2, 0) is 13.0 Å². The summed E-state index contributed by atoms with van der Waals surface area (Å²) in [5.41, 5.74) is 2.86. The van der Waals surface area contributed by atoms with E-state index in [2.05, 4.69) is 34.1 Å². The van der Waals surface area contributed by atoms with Crippen molar-refractivity contribution in [3.63, 3.8) is 0 Å². The Labute approximate surface area is 176 Å². The molecule has 3 aromatic heterocycles. The molecule has 6 nitrogen and oxygen atoms in total. The second kappa shape index (κ2) is 8.63. The predicted molar refractivity (Wildman–Crippen MR) is 117 cm³/mol. The average molecular weight is 412 g/mol. The van der Waals surface area contributed by atoms with Crippen molar-refractivity contribution in [1.82, 2.24) is 20.0 Å². The minimum absolute atomic E-state index is 0.258. The van der Waals surface area contributed by atoms with Gasteiger partial charge in [-0.15, -0.1) is 11.3 Å². The van der Waals surface area contributed by atoms with Crippen molar-refractivity contribution in [2.75, 3.05) is 25.5 Å². The Morgan fingerprint density at radius 3 is 2.83 bits per heavy atom. The van der Waals surface area contributed by atoms with Crippen LogP contribution in [0.4, 0.5) is 5.95 Å². The van der Waals surface area contributed by atoms with Crippen molar-refractivity contribution < 1.29 is 4.52 Å². The minimum atomic E-state index is 0.258. The molecule has 1 atom stereocenters. The normalized spacial score (nSPS) is 17.2. The van der Waals surface area contributed by atoms with Gasteiger partial charge in [-0.05, 0) is 44.9 Å². The zero-order valence-corrected chi connectivity index (χ0v) is 18.5. The van der Waals surface area contributed by atoms with E-state index in [1.54, 1.807) is 0 Å².